The molecule has 0 radical (unpaired) electrons. The number of carbonyl (C=O) groups is 1. The van der Waals surface area contributed by atoms with Gasteiger partial charge in [-0.1, -0.05) is 6.07 Å². The van der Waals surface area contributed by atoms with Crippen molar-refractivity contribution in [1.82, 2.24) is 0 Å². The Hall–Kier alpha value is -1.43. The van der Waals surface area contributed by atoms with Gasteiger partial charge in [-0.3, -0.25) is 4.79 Å². The number of aliphatic carboxylic acids is 1. The van der Waals surface area contributed by atoms with Gasteiger partial charge in [0.25, 0.3) is 0 Å². The van der Waals surface area contributed by atoms with Crippen LogP contribution in [0, 0.1) is 0 Å². The van der Waals surface area contributed by atoms with Crippen molar-refractivity contribution in [2.75, 3.05) is 0 Å². The fraction of sp³-hybridized carbons (Fsp3) is 0.188. The third-order valence-electron chi connectivity index (χ3n) is 3.09. The third-order valence-corrected chi connectivity index (χ3v) is 6.58. The molecule has 0 aliphatic heterocycles. The molecule has 3 aromatic rings. The van der Waals surface area contributed by atoms with E-state index in [9.17, 15) is 4.79 Å². The van der Waals surface area contributed by atoms with Crippen LogP contribution in [-0.4, -0.2) is 11.1 Å². The maximum absolute atomic E-state index is 10.5. The smallest absolute Gasteiger partial charge is 0.303 e. The Morgan fingerprint density at radius 1 is 0.952 bits per heavy atom. The number of hydrogen-bond acceptors (Lipinski definition) is 4. The van der Waals surface area contributed by atoms with Crippen LogP contribution in [-0.2, 0) is 11.2 Å². The molecule has 0 aliphatic carbocycles. The summed E-state index contributed by atoms with van der Waals surface area (Å²) < 4.78 is 0. The minimum absolute atomic E-state index is 0.245. The molecule has 21 heavy (non-hydrogen) atoms. The van der Waals surface area contributed by atoms with E-state index in [1.165, 1.54) is 24.4 Å². The summed E-state index contributed by atoms with van der Waals surface area (Å²) in [4.78, 5) is 17.0. The van der Waals surface area contributed by atoms with Crippen molar-refractivity contribution in [3.63, 3.8) is 0 Å². The minimum Gasteiger partial charge on any atom is -0.481 e. The Morgan fingerprint density at radius 3 is 2.38 bits per heavy atom. The van der Waals surface area contributed by atoms with Gasteiger partial charge in [0, 0.05) is 30.8 Å². The molecule has 0 fully saturated rings. The number of rotatable bonds is 6. The van der Waals surface area contributed by atoms with Crippen LogP contribution in [0.2, 0.25) is 0 Å². The highest BCUT2D eigenvalue weighted by atomic mass is 32.1. The van der Waals surface area contributed by atoms with Crippen LogP contribution in [0.3, 0.4) is 0 Å². The quantitative estimate of drug-likeness (QED) is 0.636. The van der Waals surface area contributed by atoms with Gasteiger partial charge in [-0.05, 0) is 48.6 Å². The van der Waals surface area contributed by atoms with Gasteiger partial charge >= 0.3 is 5.97 Å². The lowest BCUT2D eigenvalue weighted by molar-refractivity contribution is -0.137. The largest absolute Gasteiger partial charge is 0.481 e. The first kappa shape index (κ1) is 14.5. The van der Waals surface area contributed by atoms with E-state index in [1.54, 1.807) is 22.7 Å². The van der Waals surface area contributed by atoms with E-state index in [4.69, 9.17) is 5.11 Å². The molecule has 3 aromatic heterocycles. The molecule has 2 nitrogen and oxygen atoms in total. The van der Waals surface area contributed by atoms with Crippen LogP contribution in [0.4, 0.5) is 0 Å². The van der Waals surface area contributed by atoms with Gasteiger partial charge in [-0.2, -0.15) is 0 Å². The van der Waals surface area contributed by atoms with Gasteiger partial charge in [-0.25, -0.2) is 0 Å². The lowest BCUT2D eigenvalue weighted by Crippen LogP contribution is -1.94. The van der Waals surface area contributed by atoms with E-state index in [0.717, 1.165) is 6.42 Å². The van der Waals surface area contributed by atoms with Crippen LogP contribution < -0.4 is 0 Å². The average Bonchev–Trinajstić information content (AvgIpc) is 3.19. The molecule has 108 valence electrons. The first-order chi connectivity index (χ1) is 10.2. The zero-order valence-corrected chi connectivity index (χ0v) is 13.7. The van der Waals surface area contributed by atoms with Gasteiger partial charge in [0.2, 0.25) is 0 Å². The summed E-state index contributed by atoms with van der Waals surface area (Å²) in [6.07, 6.45) is 1.80. The Kier molecular flexibility index (Phi) is 4.53. The summed E-state index contributed by atoms with van der Waals surface area (Å²) in [7, 11) is 0. The number of hydrogen-bond donors (Lipinski definition) is 1. The highest BCUT2D eigenvalue weighted by Crippen LogP contribution is 2.39. The summed E-state index contributed by atoms with van der Waals surface area (Å²) in [5, 5.41) is 10.8. The summed E-state index contributed by atoms with van der Waals surface area (Å²) in [6, 6.07) is 12.8. The first-order valence-corrected chi connectivity index (χ1v) is 9.18. The Labute approximate surface area is 135 Å². The highest BCUT2D eigenvalue weighted by Gasteiger charge is 2.08. The molecule has 0 saturated carbocycles. The van der Waals surface area contributed by atoms with Crippen LogP contribution >= 0.6 is 34.0 Å². The zero-order valence-electron chi connectivity index (χ0n) is 11.2. The predicted molar refractivity (Wildman–Crippen MR) is 91.5 cm³/mol. The van der Waals surface area contributed by atoms with E-state index in [-0.39, 0.29) is 6.42 Å². The molecule has 0 aliphatic rings. The fourth-order valence-corrected chi connectivity index (χ4v) is 5.06. The summed E-state index contributed by atoms with van der Waals surface area (Å²) in [5.41, 5.74) is 0. The van der Waals surface area contributed by atoms with Crippen molar-refractivity contribution in [2.24, 2.45) is 0 Å². The maximum atomic E-state index is 10.5. The van der Waals surface area contributed by atoms with Crippen molar-refractivity contribution in [3.05, 3.63) is 46.7 Å². The lowest BCUT2D eigenvalue weighted by Gasteiger charge is -1.94. The highest BCUT2D eigenvalue weighted by molar-refractivity contribution is 7.26. The van der Waals surface area contributed by atoms with Gasteiger partial charge in [0.05, 0.1) is 0 Å². The first-order valence-electron chi connectivity index (χ1n) is 6.67. The van der Waals surface area contributed by atoms with E-state index >= 15 is 0 Å². The standard InChI is InChI=1S/C16H14O2S3/c17-16(18)5-1-3-11-6-7-14(20-11)15-9-8-13(21-15)12-4-2-10-19-12/h2,4,6-10H,1,3,5H2,(H,17,18). The average molecular weight is 334 g/mol. The molecule has 0 unspecified atom stereocenters. The second-order valence-electron chi connectivity index (χ2n) is 4.65. The summed E-state index contributed by atoms with van der Waals surface area (Å²) in [6.45, 7) is 0. The second-order valence-corrected chi connectivity index (χ2v) is 7.85. The SMILES string of the molecule is O=C(O)CCCc1ccc(-c2ccc(-c3cccs3)s2)s1. The van der Waals surface area contributed by atoms with Gasteiger partial charge in [0.1, 0.15) is 0 Å². The van der Waals surface area contributed by atoms with Crippen LogP contribution in [0.15, 0.2) is 41.8 Å². The molecular formula is C16H14O2S3. The van der Waals surface area contributed by atoms with Crippen molar-refractivity contribution < 1.29 is 9.90 Å². The lowest BCUT2D eigenvalue weighted by atomic mass is 10.2. The predicted octanol–water partition coefficient (Wildman–Crippen LogP) is 5.61. The molecule has 3 rings (SSSR count). The molecule has 0 atom stereocenters. The molecule has 3 heterocycles. The monoisotopic (exact) mass is 334 g/mol. The molecule has 0 saturated heterocycles. The van der Waals surface area contributed by atoms with Crippen LogP contribution in [0.5, 0.6) is 0 Å². The van der Waals surface area contributed by atoms with Gasteiger partial charge < -0.3 is 5.11 Å². The molecule has 1 N–H and O–H groups in total. The van der Waals surface area contributed by atoms with Crippen molar-refractivity contribution in [2.45, 2.75) is 19.3 Å². The number of aryl methyl sites for hydroxylation is 1. The number of carboxylic acids is 1. The molecule has 0 bridgehead atoms. The Balaban J connectivity index is 1.70. The van der Waals surface area contributed by atoms with E-state index < -0.39 is 5.97 Å². The third kappa shape index (κ3) is 3.61. The molecule has 0 spiro atoms. The van der Waals surface area contributed by atoms with Crippen molar-refractivity contribution in [1.29, 1.82) is 0 Å². The van der Waals surface area contributed by atoms with Gasteiger partial charge in [0.15, 0.2) is 0 Å². The normalized spacial score (nSPS) is 10.9. The Morgan fingerprint density at radius 2 is 1.67 bits per heavy atom. The van der Waals surface area contributed by atoms with E-state index in [0.29, 0.717) is 6.42 Å². The van der Waals surface area contributed by atoms with Gasteiger partial charge in [-0.15, -0.1) is 34.0 Å². The molecule has 5 heteroatoms. The summed E-state index contributed by atoms with van der Waals surface area (Å²) in [5.74, 6) is -0.717. The van der Waals surface area contributed by atoms with Crippen molar-refractivity contribution in [3.8, 4) is 19.5 Å². The molecule has 0 aromatic carbocycles. The van der Waals surface area contributed by atoms with Crippen LogP contribution in [0.25, 0.3) is 19.5 Å². The van der Waals surface area contributed by atoms with Crippen molar-refractivity contribution >= 4 is 40.0 Å². The van der Waals surface area contributed by atoms with E-state index in [2.05, 4.69) is 41.8 Å². The topological polar surface area (TPSA) is 37.3 Å². The fourth-order valence-electron chi connectivity index (χ4n) is 2.08. The number of carboxylic acid groups (broad SMARTS) is 1. The zero-order chi connectivity index (χ0) is 14.7. The Bertz CT molecular complexity index is 722. The number of thiophene rings is 3. The molecule has 0 amide bonds. The second kappa shape index (κ2) is 6.56. The van der Waals surface area contributed by atoms with E-state index in [1.807, 2.05) is 11.3 Å². The maximum Gasteiger partial charge on any atom is 0.303 e. The minimum atomic E-state index is -0.717. The van der Waals surface area contributed by atoms with Crippen LogP contribution in [0.1, 0.15) is 17.7 Å². The summed E-state index contributed by atoms with van der Waals surface area (Å²) >= 11 is 5.34. The molecular weight excluding hydrogens is 320 g/mol.